The van der Waals surface area contributed by atoms with E-state index in [9.17, 15) is 9.59 Å². The Labute approximate surface area is 161 Å². The van der Waals surface area contributed by atoms with Crippen LogP contribution in [0.4, 0.5) is 0 Å². The van der Waals surface area contributed by atoms with Crippen LogP contribution in [0.1, 0.15) is 29.1 Å². The Morgan fingerprint density at radius 2 is 1.85 bits per heavy atom. The van der Waals surface area contributed by atoms with Gasteiger partial charge in [-0.1, -0.05) is 15.9 Å². The van der Waals surface area contributed by atoms with Crippen molar-refractivity contribution in [2.75, 3.05) is 32.7 Å². The van der Waals surface area contributed by atoms with Gasteiger partial charge < -0.3 is 14.6 Å². The predicted octanol–water partition coefficient (Wildman–Crippen LogP) is 2.68. The first-order chi connectivity index (χ1) is 12.5. The quantitative estimate of drug-likeness (QED) is 0.808. The maximum Gasteiger partial charge on any atom is 0.253 e. The largest absolute Gasteiger partial charge is 0.467 e. The van der Waals surface area contributed by atoms with E-state index in [0.717, 1.165) is 10.2 Å². The molecule has 1 aromatic carbocycles. The minimum absolute atomic E-state index is 0.0352. The summed E-state index contributed by atoms with van der Waals surface area (Å²) in [5.74, 6) is 0.734. The van der Waals surface area contributed by atoms with Gasteiger partial charge in [-0.3, -0.25) is 14.5 Å². The van der Waals surface area contributed by atoms with Crippen LogP contribution in [-0.4, -0.2) is 54.3 Å². The van der Waals surface area contributed by atoms with Gasteiger partial charge in [-0.25, -0.2) is 0 Å². The van der Waals surface area contributed by atoms with E-state index in [4.69, 9.17) is 4.42 Å². The number of hydrogen-bond donors (Lipinski definition) is 1. The van der Waals surface area contributed by atoms with Gasteiger partial charge in [0.05, 0.1) is 18.8 Å². The molecule has 26 heavy (non-hydrogen) atoms. The van der Waals surface area contributed by atoms with E-state index >= 15 is 0 Å². The summed E-state index contributed by atoms with van der Waals surface area (Å²) >= 11 is 3.38. The Bertz CT molecular complexity index is 738. The number of hydrogen-bond acceptors (Lipinski definition) is 4. The van der Waals surface area contributed by atoms with Gasteiger partial charge >= 0.3 is 0 Å². The minimum Gasteiger partial charge on any atom is -0.467 e. The highest BCUT2D eigenvalue weighted by Gasteiger charge is 2.23. The first kappa shape index (κ1) is 18.7. The zero-order valence-corrected chi connectivity index (χ0v) is 16.2. The summed E-state index contributed by atoms with van der Waals surface area (Å²) in [6.45, 7) is 4.83. The molecule has 0 bridgehead atoms. The van der Waals surface area contributed by atoms with Gasteiger partial charge in [-0.15, -0.1) is 0 Å². The van der Waals surface area contributed by atoms with Gasteiger partial charge in [0, 0.05) is 36.2 Å². The van der Waals surface area contributed by atoms with Crippen molar-refractivity contribution in [3.8, 4) is 0 Å². The van der Waals surface area contributed by atoms with Crippen molar-refractivity contribution in [1.29, 1.82) is 0 Å². The molecule has 2 aromatic rings. The summed E-state index contributed by atoms with van der Waals surface area (Å²) in [6.07, 6.45) is 1.60. The van der Waals surface area contributed by atoms with Crippen LogP contribution >= 0.6 is 15.9 Å². The molecule has 7 heteroatoms. The Balaban J connectivity index is 1.45. The lowest BCUT2D eigenvalue weighted by Gasteiger charge is -2.34. The lowest BCUT2D eigenvalue weighted by molar-refractivity contribution is -0.123. The number of carbonyl (C=O) groups excluding carboxylic acids is 2. The van der Waals surface area contributed by atoms with Gasteiger partial charge in [0.15, 0.2) is 0 Å². The first-order valence-electron chi connectivity index (χ1n) is 8.63. The Morgan fingerprint density at radius 3 is 2.46 bits per heavy atom. The average Bonchev–Trinajstić information content (AvgIpc) is 3.17. The van der Waals surface area contributed by atoms with E-state index in [-0.39, 0.29) is 17.9 Å². The van der Waals surface area contributed by atoms with Crippen molar-refractivity contribution in [1.82, 2.24) is 15.1 Å². The fourth-order valence-electron chi connectivity index (χ4n) is 2.98. The number of piperazine rings is 1. The van der Waals surface area contributed by atoms with Crippen LogP contribution in [0.2, 0.25) is 0 Å². The van der Waals surface area contributed by atoms with E-state index in [1.807, 2.05) is 42.2 Å². The number of rotatable bonds is 5. The van der Waals surface area contributed by atoms with Crippen molar-refractivity contribution < 1.29 is 14.0 Å². The molecule has 1 saturated heterocycles. The second-order valence-corrected chi connectivity index (χ2v) is 7.30. The molecule has 2 heterocycles. The molecule has 0 saturated carbocycles. The SMILES string of the molecule is CC(NC(=O)CN1CCN(C(=O)c2ccc(Br)cc2)CC1)c1ccco1. The topological polar surface area (TPSA) is 65.8 Å². The molecule has 0 radical (unpaired) electrons. The van der Waals surface area contributed by atoms with Gasteiger partial charge in [0.1, 0.15) is 5.76 Å². The zero-order chi connectivity index (χ0) is 18.5. The molecule has 1 aliphatic heterocycles. The molecule has 1 N–H and O–H groups in total. The lowest BCUT2D eigenvalue weighted by atomic mass is 10.2. The van der Waals surface area contributed by atoms with Crippen LogP contribution in [-0.2, 0) is 4.79 Å². The summed E-state index contributed by atoms with van der Waals surface area (Å²) in [4.78, 5) is 28.6. The zero-order valence-electron chi connectivity index (χ0n) is 14.7. The second-order valence-electron chi connectivity index (χ2n) is 6.38. The van der Waals surface area contributed by atoms with Gasteiger partial charge in [0.25, 0.3) is 5.91 Å². The molecular formula is C19H22BrN3O3. The molecule has 138 valence electrons. The average molecular weight is 420 g/mol. The third-order valence-corrected chi connectivity index (χ3v) is 4.99. The van der Waals surface area contributed by atoms with E-state index in [2.05, 4.69) is 26.1 Å². The fourth-order valence-corrected chi connectivity index (χ4v) is 3.25. The molecule has 2 amide bonds. The van der Waals surface area contributed by atoms with Crippen LogP contribution in [0.5, 0.6) is 0 Å². The summed E-state index contributed by atoms with van der Waals surface area (Å²) in [7, 11) is 0. The lowest BCUT2D eigenvalue weighted by Crippen LogP contribution is -2.51. The van der Waals surface area contributed by atoms with Gasteiger partial charge in [-0.05, 0) is 43.3 Å². The molecule has 1 atom stereocenters. The highest BCUT2D eigenvalue weighted by molar-refractivity contribution is 9.10. The summed E-state index contributed by atoms with van der Waals surface area (Å²) in [5.41, 5.74) is 0.687. The van der Waals surface area contributed by atoms with Crippen molar-refractivity contribution in [3.05, 3.63) is 58.5 Å². The normalized spacial score (nSPS) is 16.3. The van der Waals surface area contributed by atoms with Crippen molar-refractivity contribution in [2.24, 2.45) is 0 Å². The van der Waals surface area contributed by atoms with Crippen LogP contribution in [0, 0.1) is 0 Å². The Morgan fingerprint density at radius 1 is 1.15 bits per heavy atom. The van der Waals surface area contributed by atoms with Crippen molar-refractivity contribution >= 4 is 27.7 Å². The Kier molecular flexibility index (Phi) is 6.11. The molecule has 0 spiro atoms. The first-order valence-corrected chi connectivity index (χ1v) is 9.42. The molecule has 0 aliphatic carbocycles. The molecule has 3 rings (SSSR count). The Hall–Kier alpha value is -2.12. The highest BCUT2D eigenvalue weighted by Crippen LogP contribution is 2.14. The molecule has 1 aliphatic rings. The summed E-state index contributed by atoms with van der Waals surface area (Å²) in [5, 5.41) is 2.94. The number of furan rings is 1. The number of benzene rings is 1. The van der Waals surface area contributed by atoms with E-state index in [1.54, 1.807) is 12.3 Å². The number of carbonyl (C=O) groups is 2. The smallest absolute Gasteiger partial charge is 0.253 e. The predicted molar refractivity (Wildman–Crippen MR) is 102 cm³/mol. The van der Waals surface area contributed by atoms with Crippen LogP contribution in [0.15, 0.2) is 51.6 Å². The second kappa shape index (κ2) is 8.51. The number of nitrogens with zero attached hydrogens (tertiary/aromatic N) is 2. The van der Waals surface area contributed by atoms with Crippen LogP contribution < -0.4 is 5.32 Å². The monoisotopic (exact) mass is 419 g/mol. The summed E-state index contributed by atoms with van der Waals surface area (Å²) in [6, 6.07) is 10.9. The van der Waals surface area contributed by atoms with Crippen molar-refractivity contribution in [3.63, 3.8) is 0 Å². The molecule has 1 fully saturated rings. The highest BCUT2D eigenvalue weighted by atomic mass is 79.9. The summed E-state index contributed by atoms with van der Waals surface area (Å²) < 4.78 is 6.25. The van der Waals surface area contributed by atoms with Crippen molar-refractivity contribution in [2.45, 2.75) is 13.0 Å². The van der Waals surface area contributed by atoms with Crippen LogP contribution in [0.3, 0.4) is 0 Å². The molecular weight excluding hydrogens is 398 g/mol. The van der Waals surface area contributed by atoms with Gasteiger partial charge in [0.2, 0.25) is 5.91 Å². The maximum atomic E-state index is 12.5. The van der Waals surface area contributed by atoms with Gasteiger partial charge in [-0.2, -0.15) is 0 Å². The molecule has 1 unspecified atom stereocenters. The molecule has 1 aromatic heterocycles. The van der Waals surface area contributed by atoms with E-state index in [0.29, 0.717) is 38.3 Å². The third-order valence-electron chi connectivity index (χ3n) is 4.47. The fraction of sp³-hybridized carbons (Fsp3) is 0.368. The number of nitrogens with one attached hydrogen (secondary N) is 1. The van der Waals surface area contributed by atoms with Crippen LogP contribution in [0.25, 0.3) is 0 Å². The minimum atomic E-state index is -0.155. The number of halogens is 1. The maximum absolute atomic E-state index is 12.5. The third kappa shape index (κ3) is 4.74. The standard InChI is InChI=1S/C19H22BrN3O3/c1-14(17-3-2-12-26-17)21-18(24)13-22-8-10-23(11-9-22)19(25)15-4-6-16(20)7-5-15/h2-7,12,14H,8-11,13H2,1H3,(H,21,24). The van der Waals surface area contributed by atoms with E-state index in [1.165, 1.54) is 0 Å². The molecule has 6 nitrogen and oxygen atoms in total. The number of amides is 2. The van der Waals surface area contributed by atoms with E-state index < -0.39 is 0 Å².